The molecule has 1 aromatic heterocycles. The van der Waals surface area contributed by atoms with Crippen LogP contribution < -0.4 is 5.32 Å². The van der Waals surface area contributed by atoms with E-state index in [4.69, 9.17) is 0 Å². The number of tetrazole rings is 1. The third-order valence-electron chi connectivity index (χ3n) is 2.36. The average Bonchev–Trinajstić information content (AvgIpc) is 2.88. The van der Waals surface area contributed by atoms with Gasteiger partial charge in [0.15, 0.2) is 5.82 Å². The normalized spacial score (nSPS) is 10.4. The van der Waals surface area contributed by atoms with Crippen molar-refractivity contribution < 1.29 is 4.79 Å². The van der Waals surface area contributed by atoms with E-state index in [2.05, 4.69) is 25.9 Å². The molecule has 0 bridgehead atoms. The third kappa shape index (κ3) is 3.46. The summed E-state index contributed by atoms with van der Waals surface area (Å²) < 4.78 is 0. The van der Waals surface area contributed by atoms with Crippen molar-refractivity contribution in [1.82, 2.24) is 25.9 Å². The zero-order valence-corrected chi connectivity index (χ0v) is 9.26. The largest absolute Gasteiger partial charge is 0.312 e. The molecule has 0 unspecified atom stereocenters. The maximum absolute atomic E-state index is 10.5. The number of hydrogen-bond acceptors (Lipinski definition) is 5. The first-order valence-electron chi connectivity index (χ1n) is 5.35. The molecule has 2 N–H and O–H groups in total. The molecule has 0 aliphatic heterocycles. The highest BCUT2D eigenvalue weighted by Gasteiger charge is 1.97. The minimum atomic E-state index is 0.695. The van der Waals surface area contributed by atoms with E-state index in [0.717, 1.165) is 31.4 Å². The second kappa shape index (κ2) is 5.86. The van der Waals surface area contributed by atoms with Crippen LogP contribution in [0.4, 0.5) is 0 Å². The van der Waals surface area contributed by atoms with Crippen LogP contribution in [0.5, 0.6) is 0 Å². The molecule has 88 valence electrons. The molecule has 0 spiro atoms. The Morgan fingerprint density at radius 2 is 2.12 bits per heavy atom. The van der Waals surface area contributed by atoms with Gasteiger partial charge in [-0.15, -0.1) is 10.2 Å². The Morgan fingerprint density at radius 1 is 1.29 bits per heavy atom. The fourth-order valence-electron chi connectivity index (χ4n) is 1.44. The van der Waals surface area contributed by atoms with Crippen molar-refractivity contribution in [2.24, 2.45) is 0 Å². The molecule has 6 heteroatoms. The summed E-state index contributed by atoms with van der Waals surface area (Å²) in [4.78, 5) is 10.5. The van der Waals surface area contributed by atoms with Gasteiger partial charge in [0.25, 0.3) is 0 Å². The van der Waals surface area contributed by atoms with Gasteiger partial charge in [0, 0.05) is 25.1 Å². The Labute approximate surface area is 98.4 Å². The fourth-order valence-corrected chi connectivity index (χ4v) is 1.44. The molecule has 1 heterocycles. The first-order chi connectivity index (χ1) is 8.38. The van der Waals surface area contributed by atoms with Crippen molar-refractivity contribution in [3.63, 3.8) is 0 Å². The molecule has 6 nitrogen and oxygen atoms in total. The number of hydrogen-bond donors (Lipinski definition) is 2. The van der Waals surface area contributed by atoms with E-state index in [-0.39, 0.29) is 0 Å². The number of benzene rings is 1. The van der Waals surface area contributed by atoms with E-state index in [1.807, 2.05) is 24.3 Å². The number of aromatic amines is 1. The van der Waals surface area contributed by atoms with Crippen LogP contribution in [-0.2, 0) is 13.0 Å². The molecule has 1 aromatic carbocycles. The van der Waals surface area contributed by atoms with Crippen LogP contribution in [-0.4, -0.2) is 33.5 Å². The molecule has 0 saturated heterocycles. The van der Waals surface area contributed by atoms with Gasteiger partial charge in [0.05, 0.1) is 0 Å². The number of carbonyl (C=O) groups excluding carboxylic acids is 1. The van der Waals surface area contributed by atoms with Gasteiger partial charge in [-0.1, -0.05) is 29.5 Å². The van der Waals surface area contributed by atoms with Gasteiger partial charge >= 0.3 is 0 Å². The zero-order chi connectivity index (χ0) is 11.9. The van der Waals surface area contributed by atoms with Crippen LogP contribution in [0.2, 0.25) is 0 Å². The van der Waals surface area contributed by atoms with E-state index in [0.29, 0.717) is 11.4 Å². The first kappa shape index (κ1) is 11.4. The summed E-state index contributed by atoms with van der Waals surface area (Å²) in [5.41, 5.74) is 1.84. The number of aromatic nitrogens is 4. The average molecular weight is 231 g/mol. The predicted molar refractivity (Wildman–Crippen MR) is 61.4 cm³/mol. The summed E-state index contributed by atoms with van der Waals surface area (Å²) in [6.07, 6.45) is 1.58. The summed E-state index contributed by atoms with van der Waals surface area (Å²) in [6, 6.07) is 7.49. The Bertz CT molecular complexity index is 451. The maximum atomic E-state index is 10.5. The van der Waals surface area contributed by atoms with Crippen molar-refractivity contribution in [3.8, 4) is 0 Å². The molecular formula is C11H13N5O. The lowest BCUT2D eigenvalue weighted by Crippen LogP contribution is -2.17. The smallest absolute Gasteiger partial charge is 0.175 e. The first-order valence-corrected chi connectivity index (χ1v) is 5.35. The summed E-state index contributed by atoms with van der Waals surface area (Å²) in [7, 11) is 0. The number of carbonyl (C=O) groups is 1. The van der Waals surface area contributed by atoms with Gasteiger partial charge in [-0.2, -0.15) is 5.21 Å². The monoisotopic (exact) mass is 231 g/mol. The number of H-pyrrole nitrogens is 1. The molecule has 0 radical (unpaired) electrons. The number of nitrogens with one attached hydrogen (secondary N) is 2. The van der Waals surface area contributed by atoms with E-state index in [9.17, 15) is 4.79 Å². The number of nitrogens with zero attached hydrogens (tertiary/aromatic N) is 3. The summed E-state index contributed by atoms with van der Waals surface area (Å²) in [5.74, 6) is 0.703. The van der Waals surface area contributed by atoms with Crippen molar-refractivity contribution in [1.29, 1.82) is 0 Å². The second-order valence-electron chi connectivity index (χ2n) is 3.61. The van der Waals surface area contributed by atoms with Crippen molar-refractivity contribution in [2.75, 3.05) is 6.54 Å². The van der Waals surface area contributed by atoms with Gasteiger partial charge in [-0.25, -0.2) is 0 Å². The molecule has 0 amide bonds. The molecule has 2 rings (SSSR count). The molecule has 0 atom stereocenters. The third-order valence-corrected chi connectivity index (χ3v) is 2.36. The zero-order valence-electron chi connectivity index (χ0n) is 9.26. The number of aldehydes is 1. The van der Waals surface area contributed by atoms with E-state index < -0.39 is 0 Å². The predicted octanol–water partition coefficient (Wildman–Crippen LogP) is 0.344. The Kier molecular flexibility index (Phi) is 3.93. The molecule has 0 aliphatic rings. The SMILES string of the molecule is O=Cc1ccc(CNCCc2nn[nH]n2)cc1. The lowest BCUT2D eigenvalue weighted by Gasteiger charge is -2.03. The Morgan fingerprint density at radius 3 is 2.76 bits per heavy atom. The van der Waals surface area contributed by atoms with Crippen molar-refractivity contribution in [2.45, 2.75) is 13.0 Å². The van der Waals surface area contributed by atoms with Crippen LogP contribution in [0.25, 0.3) is 0 Å². The highest BCUT2D eigenvalue weighted by atomic mass is 16.1. The standard InChI is InChI=1S/C11H13N5O/c17-8-10-3-1-9(2-4-10)7-12-6-5-11-13-15-16-14-11/h1-4,8,12H,5-7H2,(H,13,14,15,16). The van der Waals surface area contributed by atoms with E-state index >= 15 is 0 Å². The van der Waals surface area contributed by atoms with Gasteiger partial charge in [-0.3, -0.25) is 4.79 Å². The highest BCUT2D eigenvalue weighted by molar-refractivity contribution is 5.74. The molecule has 17 heavy (non-hydrogen) atoms. The van der Waals surface area contributed by atoms with Gasteiger partial charge in [0.1, 0.15) is 6.29 Å². The van der Waals surface area contributed by atoms with E-state index in [1.165, 1.54) is 0 Å². The van der Waals surface area contributed by atoms with Crippen LogP contribution >= 0.6 is 0 Å². The van der Waals surface area contributed by atoms with Crippen LogP contribution in [0.1, 0.15) is 21.7 Å². The quantitative estimate of drug-likeness (QED) is 0.553. The minimum Gasteiger partial charge on any atom is -0.312 e. The molecular weight excluding hydrogens is 218 g/mol. The van der Waals surface area contributed by atoms with Crippen LogP contribution in [0.15, 0.2) is 24.3 Å². The second-order valence-corrected chi connectivity index (χ2v) is 3.61. The molecule has 0 saturated carbocycles. The maximum Gasteiger partial charge on any atom is 0.175 e. The van der Waals surface area contributed by atoms with Crippen LogP contribution in [0, 0.1) is 0 Å². The lowest BCUT2D eigenvalue weighted by molar-refractivity contribution is 0.112. The fraction of sp³-hybridized carbons (Fsp3) is 0.273. The minimum absolute atomic E-state index is 0.695. The molecule has 0 fully saturated rings. The van der Waals surface area contributed by atoms with Gasteiger partial charge in [0.2, 0.25) is 0 Å². The molecule has 2 aromatic rings. The summed E-state index contributed by atoms with van der Waals surface area (Å²) in [5, 5.41) is 16.9. The van der Waals surface area contributed by atoms with Crippen molar-refractivity contribution >= 4 is 6.29 Å². The van der Waals surface area contributed by atoms with Crippen molar-refractivity contribution in [3.05, 3.63) is 41.2 Å². The summed E-state index contributed by atoms with van der Waals surface area (Å²) >= 11 is 0. The highest BCUT2D eigenvalue weighted by Crippen LogP contribution is 2.01. The van der Waals surface area contributed by atoms with E-state index in [1.54, 1.807) is 0 Å². The topological polar surface area (TPSA) is 83.6 Å². The van der Waals surface area contributed by atoms with Gasteiger partial charge in [-0.05, 0) is 5.56 Å². The van der Waals surface area contributed by atoms with Gasteiger partial charge < -0.3 is 5.32 Å². The van der Waals surface area contributed by atoms with Crippen LogP contribution in [0.3, 0.4) is 0 Å². The molecule has 0 aliphatic carbocycles. The number of rotatable bonds is 6. The Balaban J connectivity index is 1.72. The summed E-state index contributed by atoms with van der Waals surface area (Å²) in [6.45, 7) is 1.55. The Hall–Kier alpha value is -2.08. The lowest BCUT2D eigenvalue weighted by atomic mass is 10.1.